The average molecular weight is 615 g/mol. The molecule has 0 bridgehead atoms. The van der Waals surface area contributed by atoms with Crippen LogP contribution in [0.4, 0.5) is 11.5 Å². The third-order valence-corrected chi connectivity index (χ3v) is 7.14. The molecule has 1 N–H and O–H groups in total. The number of benzene rings is 3. The highest BCUT2D eigenvalue weighted by Gasteiger charge is 2.16. The maximum atomic E-state index is 9.56. The minimum Gasteiger partial charge on any atom is -0.497 e. The maximum absolute atomic E-state index is 9.56. The number of hydrogen-bond donors (Lipinski definition) is 1. The number of aromatic nitrogens is 2. The Morgan fingerprint density at radius 2 is 1.19 bits per heavy atom. The molecule has 42 heavy (non-hydrogen) atoms. The van der Waals surface area contributed by atoms with Gasteiger partial charge < -0.3 is 14.8 Å². The van der Waals surface area contributed by atoms with Crippen LogP contribution in [0.15, 0.2) is 91.3 Å². The van der Waals surface area contributed by atoms with Crippen molar-refractivity contribution < 1.29 is 9.47 Å². The van der Waals surface area contributed by atoms with Gasteiger partial charge in [0.15, 0.2) is 5.82 Å². The fourth-order valence-corrected chi connectivity index (χ4v) is 4.51. The fraction of sp³-hybridized carbons (Fsp3) is 0.0625. The van der Waals surface area contributed by atoms with Gasteiger partial charge in [0, 0.05) is 29.2 Å². The Morgan fingerprint density at radius 3 is 1.71 bits per heavy atom. The van der Waals surface area contributed by atoms with Gasteiger partial charge in [-0.25, -0.2) is 9.97 Å². The van der Waals surface area contributed by atoms with Crippen LogP contribution in [-0.2, 0) is 0 Å². The van der Waals surface area contributed by atoms with Crippen molar-refractivity contribution in [2.75, 3.05) is 19.5 Å². The second-order valence-corrected chi connectivity index (χ2v) is 9.65. The van der Waals surface area contributed by atoms with Gasteiger partial charge in [0.25, 0.3) is 0 Å². The van der Waals surface area contributed by atoms with Crippen molar-refractivity contribution in [3.8, 4) is 45.9 Å². The fourth-order valence-electron chi connectivity index (χ4n) is 3.93. The number of ether oxygens (including phenoxy) is 2. The lowest BCUT2D eigenvalue weighted by molar-refractivity contribution is 0.415. The summed E-state index contributed by atoms with van der Waals surface area (Å²) in [7, 11) is 3.18. The van der Waals surface area contributed by atoms with Crippen LogP contribution >= 0.6 is 34.8 Å². The van der Waals surface area contributed by atoms with Crippen molar-refractivity contribution in [1.82, 2.24) is 9.97 Å². The molecule has 0 aliphatic heterocycles. The minimum absolute atomic E-state index is 0.125. The first-order valence-corrected chi connectivity index (χ1v) is 13.5. The van der Waals surface area contributed by atoms with Crippen molar-refractivity contribution in [1.29, 1.82) is 10.5 Å². The van der Waals surface area contributed by atoms with Crippen LogP contribution in [0.3, 0.4) is 0 Å². The molecule has 0 saturated heterocycles. The average Bonchev–Trinajstić information content (AvgIpc) is 3.04. The van der Waals surface area contributed by atoms with Crippen molar-refractivity contribution in [3.63, 3.8) is 0 Å². The summed E-state index contributed by atoms with van der Waals surface area (Å²) in [5.74, 6) is 1.85. The highest BCUT2D eigenvalue weighted by Crippen LogP contribution is 2.35. The molecule has 0 atom stereocenters. The topological polar surface area (TPSA) is 104 Å². The molecule has 0 aliphatic carbocycles. The number of anilines is 2. The number of nitriles is 2. The number of rotatable bonds is 6. The van der Waals surface area contributed by atoms with Gasteiger partial charge in [-0.05, 0) is 47.5 Å². The smallest absolute Gasteiger partial charge is 0.150 e. The summed E-state index contributed by atoms with van der Waals surface area (Å²) >= 11 is 18.2. The maximum Gasteiger partial charge on any atom is 0.150 e. The van der Waals surface area contributed by atoms with Crippen LogP contribution < -0.4 is 14.8 Å². The lowest BCUT2D eigenvalue weighted by atomic mass is 10.0. The third-order valence-electron chi connectivity index (χ3n) is 6.02. The molecule has 0 spiro atoms. The van der Waals surface area contributed by atoms with E-state index < -0.39 is 0 Å². The molecule has 208 valence electrons. The number of hydrogen-bond acceptors (Lipinski definition) is 7. The Kier molecular flexibility index (Phi) is 10.2. The number of halogens is 3. The quantitative estimate of drug-likeness (QED) is 0.190. The molecule has 3 aromatic carbocycles. The third kappa shape index (κ3) is 6.91. The van der Waals surface area contributed by atoms with Crippen LogP contribution in [0.5, 0.6) is 11.5 Å². The molecule has 5 rings (SSSR count). The van der Waals surface area contributed by atoms with E-state index in [-0.39, 0.29) is 10.2 Å². The summed E-state index contributed by atoms with van der Waals surface area (Å²) in [6.45, 7) is 0. The van der Waals surface area contributed by atoms with Gasteiger partial charge in [0.1, 0.15) is 33.8 Å². The number of nitrogens with zero attached hydrogens (tertiary/aromatic N) is 4. The number of para-hydroxylation sites is 1. The van der Waals surface area contributed by atoms with E-state index in [4.69, 9.17) is 49.5 Å². The highest BCUT2D eigenvalue weighted by molar-refractivity contribution is 6.42. The SMILES string of the molecule is COc1cccc(-c2cnc(Cl)c(Cl)c2C#N)c1.COc1cccc(-c2cnc(Nc3ccccc3)c(Cl)c2C#N)c1. The van der Waals surface area contributed by atoms with Crippen LogP contribution in [0.25, 0.3) is 22.3 Å². The molecular formula is C32H22Cl3N5O2. The van der Waals surface area contributed by atoms with Gasteiger partial charge in [-0.1, -0.05) is 77.3 Å². The van der Waals surface area contributed by atoms with Gasteiger partial charge >= 0.3 is 0 Å². The lowest BCUT2D eigenvalue weighted by Gasteiger charge is -2.12. The monoisotopic (exact) mass is 613 g/mol. The summed E-state index contributed by atoms with van der Waals surface area (Å²) in [6, 6.07) is 28.5. The molecule has 5 aromatic rings. The number of methoxy groups -OCH3 is 2. The molecule has 0 aliphatic rings. The second kappa shape index (κ2) is 14.2. The molecule has 0 saturated carbocycles. The first-order valence-electron chi connectivity index (χ1n) is 12.3. The Hall–Kier alpha value is -4.79. The Balaban J connectivity index is 0.000000201. The van der Waals surface area contributed by atoms with Gasteiger partial charge in [-0.2, -0.15) is 10.5 Å². The van der Waals surface area contributed by atoms with E-state index in [1.807, 2.05) is 84.9 Å². The number of pyridine rings is 2. The lowest BCUT2D eigenvalue weighted by Crippen LogP contribution is -1.98. The van der Waals surface area contributed by atoms with Crippen molar-refractivity contribution in [2.24, 2.45) is 0 Å². The van der Waals surface area contributed by atoms with E-state index in [0.29, 0.717) is 44.6 Å². The van der Waals surface area contributed by atoms with E-state index >= 15 is 0 Å². The summed E-state index contributed by atoms with van der Waals surface area (Å²) in [4.78, 5) is 8.34. The molecule has 7 nitrogen and oxygen atoms in total. The first kappa shape index (κ1) is 30.2. The molecule has 0 radical (unpaired) electrons. The zero-order chi connectivity index (χ0) is 30.1. The molecule has 0 unspecified atom stereocenters. The van der Waals surface area contributed by atoms with E-state index in [2.05, 4.69) is 21.4 Å². The normalized spacial score (nSPS) is 9.98. The first-order chi connectivity index (χ1) is 20.4. The predicted octanol–water partition coefficient (Wildman–Crippen LogP) is 8.96. The van der Waals surface area contributed by atoms with Crippen LogP contribution in [0.1, 0.15) is 11.1 Å². The predicted molar refractivity (Wildman–Crippen MR) is 167 cm³/mol. The summed E-state index contributed by atoms with van der Waals surface area (Å²) < 4.78 is 10.4. The molecule has 10 heteroatoms. The molecule has 2 heterocycles. The summed E-state index contributed by atoms with van der Waals surface area (Å²) in [6.07, 6.45) is 3.17. The van der Waals surface area contributed by atoms with Gasteiger partial charge in [0.05, 0.1) is 30.4 Å². The van der Waals surface area contributed by atoms with Gasteiger partial charge in [0.2, 0.25) is 0 Å². The second-order valence-electron chi connectivity index (χ2n) is 8.54. The Bertz CT molecular complexity index is 1800. The number of nitrogens with one attached hydrogen (secondary N) is 1. The zero-order valence-electron chi connectivity index (χ0n) is 22.4. The van der Waals surface area contributed by atoms with Gasteiger partial charge in [-0.15, -0.1) is 0 Å². The van der Waals surface area contributed by atoms with E-state index in [1.165, 1.54) is 6.20 Å². The molecule has 0 amide bonds. The standard InChI is InChI=1S/C19H14ClN3O.C13H8Cl2N2O/c1-24-15-9-5-6-13(10-15)17-12-22-19(18(20)16(17)11-21)23-14-7-3-2-4-8-14;1-18-9-4-2-3-8(5-9)11-7-17-13(15)12(14)10(11)6-16/h2-10,12H,1H3,(H,22,23);2-5,7H,1H3. The molecule has 0 fully saturated rings. The zero-order valence-corrected chi connectivity index (χ0v) is 24.7. The largest absolute Gasteiger partial charge is 0.497 e. The van der Waals surface area contributed by atoms with Crippen LogP contribution in [0.2, 0.25) is 15.2 Å². The van der Waals surface area contributed by atoms with Crippen LogP contribution in [0, 0.1) is 22.7 Å². The minimum atomic E-state index is 0.125. The van der Waals surface area contributed by atoms with E-state index in [0.717, 1.165) is 16.8 Å². The van der Waals surface area contributed by atoms with Crippen molar-refractivity contribution in [3.05, 3.63) is 118 Å². The van der Waals surface area contributed by atoms with Crippen molar-refractivity contribution in [2.45, 2.75) is 0 Å². The van der Waals surface area contributed by atoms with Gasteiger partial charge in [-0.3, -0.25) is 0 Å². The van der Waals surface area contributed by atoms with Crippen molar-refractivity contribution >= 4 is 46.3 Å². The van der Waals surface area contributed by atoms with E-state index in [9.17, 15) is 5.26 Å². The highest BCUT2D eigenvalue weighted by atomic mass is 35.5. The van der Waals surface area contributed by atoms with Crippen LogP contribution in [-0.4, -0.2) is 24.2 Å². The summed E-state index contributed by atoms with van der Waals surface area (Å²) in [5, 5.41) is 22.4. The van der Waals surface area contributed by atoms with E-state index in [1.54, 1.807) is 20.4 Å². The molecular weight excluding hydrogens is 593 g/mol. The Labute approximate surface area is 258 Å². The Morgan fingerprint density at radius 1 is 0.667 bits per heavy atom. The molecule has 2 aromatic heterocycles. The summed E-state index contributed by atoms with van der Waals surface area (Å²) in [5.41, 5.74) is 4.46.